The van der Waals surface area contributed by atoms with Crippen LogP contribution in [-0.4, -0.2) is 30.8 Å². The Morgan fingerprint density at radius 2 is 1.83 bits per heavy atom. The highest BCUT2D eigenvalue weighted by molar-refractivity contribution is 7.93. The number of nitro groups is 1. The Labute approximate surface area is 169 Å². The number of non-ortho nitro benzene ring substituents is 1. The molecule has 3 rings (SSSR count). The summed E-state index contributed by atoms with van der Waals surface area (Å²) in [6.45, 7) is -0.316. The Balaban J connectivity index is 1.55. The molecule has 2 N–H and O–H groups in total. The number of hydrogen-bond donors (Lipinski definition) is 2. The molecule has 10 nitrogen and oxygen atoms in total. The maximum Gasteiger partial charge on any atom is 0.269 e. The predicted octanol–water partition coefficient (Wildman–Crippen LogP) is 2.87. The van der Waals surface area contributed by atoms with Crippen molar-refractivity contribution in [3.63, 3.8) is 0 Å². The molecule has 3 aromatic rings. The number of nitrogens with one attached hydrogen (secondary N) is 2. The molecule has 0 aliphatic rings. The molecule has 0 spiro atoms. The summed E-state index contributed by atoms with van der Waals surface area (Å²) in [7, 11) is -3.77. The topological polar surface area (TPSA) is 141 Å². The molecule has 1 amide bonds. The number of aromatic nitrogens is 1. The van der Waals surface area contributed by atoms with Crippen LogP contribution in [0.1, 0.15) is 0 Å². The molecule has 0 aliphatic carbocycles. The zero-order valence-electron chi connectivity index (χ0n) is 14.6. The van der Waals surface area contributed by atoms with E-state index >= 15 is 0 Å². The van der Waals surface area contributed by atoms with Crippen LogP contribution < -0.4 is 14.8 Å². The minimum Gasteiger partial charge on any atom is -0.484 e. The van der Waals surface area contributed by atoms with Crippen LogP contribution in [0.3, 0.4) is 0 Å². The van der Waals surface area contributed by atoms with Crippen molar-refractivity contribution in [2.24, 2.45) is 0 Å². The molecule has 0 fully saturated rings. The van der Waals surface area contributed by atoms with E-state index in [1.54, 1.807) is 5.38 Å². The third kappa shape index (κ3) is 5.49. The zero-order valence-corrected chi connectivity index (χ0v) is 16.3. The van der Waals surface area contributed by atoms with Crippen LogP contribution in [0.4, 0.5) is 16.5 Å². The molecule has 0 saturated carbocycles. The number of carbonyl (C=O) groups excluding carboxylic acids is 1. The van der Waals surface area contributed by atoms with Gasteiger partial charge in [-0.05, 0) is 36.4 Å². The third-order valence-corrected chi connectivity index (χ3v) is 5.69. The third-order valence-electron chi connectivity index (χ3n) is 3.52. The number of hydrogen-bond acceptors (Lipinski definition) is 8. The quantitative estimate of drug-likeness (QED) is 0.410. The predicted molar refractivity (Wildman–Crippen MR) is 107 cm³/mol. The van der Waals surface area contributed by atoms with Crippen molar-refractivity contribution in [2.45, 2.75) is 4.90 Å². The van der Waals surface area contributed by atoms with Crippen molar-refractivity contribution in [1.29, 1.82) is 0 Å². The van der Waals surface area contributed by atoms with E-state index in [1.807, 2.05) is 0 Å². The molecule has 1 aromatic heterocycles. The second-order valence-electron chi connectivity index (χ2n) is 5.55. The summed E-state index contributed by atoms with van der Waals surface area (Å²) in [5.74, 6) is -0.166. The molecule has 2 aromatic carbocycles. The first-order chi connectivity index (χ1) is 13.8. The molecule has 0 radical (unpaired) electrons. The lowest BCUT2D eigenvalue weighted by molar-refractivity contribution is -0.384. The number of sulfonamides is 1. The van der Waals surface area contributed by atoms with Crippen molar-refractivity contribution >= 4 is 43.8 Å². The van der Waals surface area contributed by atoms with Gasteiger partial charge in [-0.3, -0.25) is 19.6 Å². The van der Waals surface area contributed by atoms with E-state index in [2.05, 4.69) is 15.0 Å². The molecule has 0 aliphatic heterocycles. The first-order valence-electron chi connectivity index (χ1n) is 8.03. The molecule has 1 heterocycles. The highest BCUT2D eigenvalue weighted by atomic mass is 32.2. The van der Waals surface area contributed by atoms with Crippen molar-refractivity contribution in [3.05, 3.63) is 70.2 Å². The van der Waals surface area contributed by atoms with E-state index in [-0.39, 0.29) is 22.3 Å². The molecular formula is C17H14N4O6S2. The van der Waals surface area contributed by atoms with Gasteiger partial charge in [-0.15, -0.1) is 11.3 Å². The molecule has 0 atom stereocenters. The maximum atomic E-state index is 12.3. The maximum absolute atomic E-state index is 12.3. The first-order valence-corrected chi connectivity index (χ1v) is 10.4. The normalized spacial score (nSPS) is 10.9. The standard InChI is InChI=1S/C17H14N4O6S2/c22-16(11-27-14-5-3-13(4-6-14)21(23)24)19-12-1-7-15(8-2-12)29(25,26)20-17-18-9-10-28-17/h1-10H,11H2,(H,18,20)(H,19,22). The van der Waals surface area contributed by atoms with E-state index in [9.17, 15) is 23.3 Å². The summed E-state index contributed by atoms with van der Waals surface area (Å²) in [5.41, 5.74) is 0.302. The van der Waals surface area contributed by atoms with Crippen LogP contribution in [0.2, 0.25) is 0 Å². The largest absolute Gasteiger partial charge is 0.484 e. The van der Waals surface area contributed by atoms with Crippen LogP contribution in [0.5, 0.6) is 5.75 Å². The first kappa shape index (κ1) is 20.2. The minimum absolute atomic E-state index is 0.0211. The van der Waals surface area contributed by atoms with Crippen molar-refractivity contribution in [2.75, 3.05) is 16.6 Å². The molecule has 0 unspecified atom stereocenters. The van der Waals surface area contributed by atoms with Gasteiger partial charge in [0.1, 0.15) is 5.75 Å². The molecule has 12 heteroatoms. The number of carbonyl (C=O) groups is 1. The fraction of sp³-hybridized carbons (Fsp3) is 0.0588. The average Bonchev–Trinajstić information content (AvgIpc) is 3.19. The van der Waals surface area contributed by atoms with Gasteiger partial charge in [-0.2, -0.15) is 0 Å². The van der Waals surface area contributed by atoms with E-state index in [0.717, 1.165) is 11.3 Å². The van der Waals surface area contributed by atoms with Gasteiger partial charge in [-0.1, -0.05) is 0 Å². The monoisotopic (exact) mass is 434 g/mol. The minimum atomic E-state index is -3.77. The van der Waals surface area contributed by atoms with Crippen LogP contribution >= 0.6 is 11.3 Å². The van der Waals surface area contributed by atoms with Gasteiger partial charge in [-0.25, -0.2) is 13.4 Å². The molecule has 150 valence electrons. The average molecular weight is 434 g/mol. The number of nitro benzene ring substituents is 1. The van der Waals surface area contributed by atoms with E-state index < -0.39 is 20.9 Å². The fourth-order valence-electron chi connectivity index (χ4n) is 2.18. The smallest absolute Gasteiger partial charge is 0.269 e. The zero-order chi connectivity index (χ0) is 20.9. The lowest BCUT2D eigenvalue weighted by atomic mass is 10.3. The van der Waals surface area contributed by atoms with Gasteiger partial charge in [0.2, 0.25) is 0 Å². The SMILES string of the molecule is O=C(COc1ccc([N+](=O)[O-])cc1)Nc1ccc(S(=O)(=O)Nc2nccs2)cc1. The Bertz CT molecular complexity index is 1100. The van der Waals surface area contributed by atoms with Crippen LogP contribution in [-0.2, 0) is 14.8 Å². The van der Waals surface area contributed by atoms with Crippen molar-refractivity contribution in [3.8, 4) is 5.75 Å². The number of ether oxygens (including phenoxy) is 1. The van der Waals surface area contributed by atoms with Gasteiger partial charge in [0, 0.05) is 29.4 Å². The lowest BCUT2D eigenvalue weighted by Gasteiger charge is -2.09. The summed E-state index contributed by atoms with van der Waals surface area (Å²) in [6, 6.07) is 10.9. The molecular weight excluding hydrogens is 420 g/mol. The van der Waals surface area contributed by atoms with Gasteiger partial charge < -0.3 is 10.1 Å². The number of anilines is 2. The Hall–Kier alpha value is -3.51. The van der Waals surface area contributed by atoms with Gasteiger partial charge in [0.05, 0.1) is 9.82 Å². The second-order valence-corrected chi connectivity index (χ2v) is 8.13. The summed E-state index contributed by atoms with van der Waals surface area (Å²) in [4.78, 5) is 25.9. The number of amides is 1. The fourth-order valence-corrected chi connectivity index (χ4v) is 3.96. The summed E-state index contributed by atoms with van der Waals surface area (Å²) >= 11 is 1.16. The van der Waals surface area contributed by atoms with Gasteiger partial charge in [0.15, 0.2) is 11.7 Å². The van der Waals surface area contributed by atoms with Crippen LogP contribution in [0, 0.1) is 10.1 Å². The Morgan fingerprint density at radius 3 is 2.41 bits per heavy atom. The second kappa shape index (κ2) is 8.67. The number of nitrogens with zero attached hydrogens (tertiary/aromatic N) is 2. The molecule has 0 saturated heterocycles. The van der Waals surface area contributed by atoms with Crippen LogP contribution in [0.25, 0.3) is 0 Å². The van der Waals surface area contributed by atoms with E-state index in [4.69, 9.17) is 4.74 Å². The number of rotatable bonds is 8. The highest BCUT2D eigenvalue weighted by Gasteiger charge is 2.15. The van der Waals surface area contributed by atoms with Gasteiger partial charge >= 0.3 is 0 Å². The molecule has 0 bridgehead atoms. The van der Waals surface area contributed by atoms with E-state index in [0.29, 0.717) is 11.4 Å². The summed E-state index contributed by atoms with van der Waals surface area (Å²) < 4.78 is 32.1. The number of thiazole rings is 1. The van der Waals surface area contributed by atoms with Gasteiger partial charge in [0.25, 0.3) is 21.6 Å². The van der Waals surface area contributed by atoms with Crippen molar-refractivity contribution in [1.82, 2.24) is 4.98 Å². The molecule has 29 heavy (non-hydrogen) atoms. The summed E-state index contributed by atoms with van der Waals surface area (Å²) in [5, 5.41) is 15.1. The Morgan fingerprint density at radius 1 is 1.14 bits per heavy atom. The van der Waals surface area contributed by atoms with E-state index in [1.165, 1.54) is 54.7 Å². The lowest BCUT2D eigenvalue weighted by Crippen LogP contribution is -2.20. The van der Waals surface area contributed by atoms with Crippen molar-refractivity contribution < 1.29 is 22.9 Å². The highest BCUT2D eigenvalue weighted by Crippen LogP contribution is 2.20. The van der Waals surface area contributed by atoms with Crippen LogP contribution in [0.15, 0.2) is 65.0 Å². The summed E-state index contributed by atoms with van der Waals surface area (Å²) in [6.07, 6.45) is 1.49. The number of benzene rings is 2. The Kier molecular flexibility index (Phi) is 6.04.